The fourth-order valence-electron chi connectivity index (χ4n) is 4.40. The minimum absolute atomic E-state index is 0.151. The van der Waals surface area contributed by atoms with Gasteiger partial charge in [-0.3, -0.25) is 4.79 Å². The van der Waals surface area contributed by atoms with Gasteiger partial charge in [0.25, 0.3) is 5.91 Å². The summed E-state index contributed by atoms with van der Waals surface area (Å²) in [5.74, 6) is 0.0217. The van der Waals surface area contributed by atoms with E-state index in [4.69, 9.17) is 49.0 Å². The molecular weight excluding hydrogens is 601 g/mol. The molecule has 0 fully saturated rings. The second kappa shape index (κ2) is 12.6. The van der Waals surface area contributed by atoms with E-state index >= 15 is 0 Å². The van der Waals surface area contributed by atoms with E-state index in [1.165, 1.54) is 25.5 Å². The number of fused-ring (bicyclic) bond motifs is 1. The third-order valence-electron chi connectivity index (χ3n) is 6.33. The maximum Gasteiger partial charge on any atom is 0.345 e. The van der Waals surface area contributed by atoms with Gasteiger partial charge >= 0.3 is 5.97 Å². The van der Waals surface area contributed by atoms with E-state index in [9.17, 15) is 9.59 Å². The summed E-state index contributed by atoms with van der Waals surface area (Å²) in [7, 11) is 3.08. The van der Waals surface area contributed by atoms with Gasteiger partial charge in [0, 0.05) is 26.7 Å². The summed E-state index contributed by atoms with van der Waals surface area (Å²) in [6.07, 6.45) is 1.36. The third-order valence-corrected chi connectivity index (χ3v) is 7.21. The molecule has 1 aromatic heterocycles. The lowest BCUT2D eigenvalue weighted by Crippen LogP contribution is -2.19. The van der Waals surface area contributed by atoms with Crippen LogP contribution in [0, 0.1) is 0 Å². The molecule has 0 spiro atoms. The largest absolute Gasteiger partial charge is 0.496 e. The van der Waals surface area contributed by atoms with Crippen molar-refractivity contribution >= 4 is 63.8 Å². The smallest absolute Gasteiger partial charge is 0.345 e. The fraction of sp³-hybridized carbons (Fsp3) is 0.0645. The van der Waals surface area contributed by atoms with E-state index in [-0.39, 0.29) is 22.0 Å². The third kappa shape index (κ3) is 5.78. The zero-order valence-electron chi connectivity index (χ0n) is 22.2. The summed E-state index contributed by atoms with van der Waals surface area (Å²) in [5.41, 5.74) is 5.00. The first-order valence-electron chi connectivity index (χ1n) is 12.4. The lowest BCUT2D eigenvalue weighted by molar-refractivity contribution is 0.0734. The van der Waals surface area contributed by atoms with Crippen LogP contribution in [0.25, 0.3) is 22.0 Å². The molecule has 212 valence electrons. The van der Waals surface area contributed by atoms with Crippen molar-refractivity contribution in [2.24, 2.45) is 5.10 Å². The number of para-hydroxylation sites is 1. The van der Waals surface area contributed by atoms with E-state index < -0.39 is 11.9 Å². The Morgan fingerprint density at radius 3 is 2.29 bits per heavy atom. The van der Waals surface area contributed by atoms with Crippen LogP contribution in [0.2, 0.25) is 15.1 Å². The number of nitrogens with one attached hydrogen (secondary N) is 2. The predicted octanol–water partition coefficient (Wildman–Crippen LogP) is 7.80. The monoisotopic (exact) mass is 621 g/mol. The number of aromatic nitrogens is 1. The van der Waals surface area contributed by atoms with E-state index in [1.807, 2.05) is 6.07 Å². The molecule has 0 aliphatic heterocycles. The molecule has 1 heterocycles. The molecule has 0 aliphatic rings. The lowest BCUT2D eigenvalue weighted by Gasteiger charge is -2.10. The summed E-state index contributed by atoms with van der Waals surface area (Å²) < 4.78 is 16.7. The number of carbonyl (C=O) groups is 2. The summed E-state index contributed by atoms with van der Waals surface area (Å²) in [4.78, 5) is 29.4. The van der Waals surface area contributed by atoms with Crippen LogP contribution >= 0.6 is 34.8 Å². The van der Waals surface area contributed by atoms with Gasteiger partial charge in [-0.05, 0) is 48.5 Å². The topological polar surface area (TPSA) is 102 Å². The quantitative estimate of drug-likeness (QED) is 0.0796. The molecule has 42 heavy (non-hydrogen) atoms. The maximum atomic E-state index is 13.5. The SMILES string of the molecule is COc1ccc(OC)c2c(-c3ccccc3Cl)c(C(=O)NN=Cc3ccccc3OC(=O)c3ccc(Cl)cc3Cl)[nH]c12. The number of aromatic amines is 1. The first kappa shape index (κ1) is 29.0. The van der Waals surface area contributed by atoms with E-state index in [1.54, 1.807) is 67.8 Å². The number of H-pyrrole nitrogens is 1. The average molecular weight is 623 g/mol. The van der Waals surface area contributed by atoms with Gasteiger partial charge in [-0.25, -0.2) is 10.2 Å². The van der Waals surface area contributed by atoms with Crippen LogP contribution in [0.15, 0.2) is 84.0 Å². The molecule has 2 N–H and O–H groups in total. The van der Waals surface area contributed by atoms with Crippen molar-refractivity contribution in [1.82, 2.24) is 10.4 Å². The number of esters is 1. The summed E-state index contributed by atoms with van der Waals surface area (Å²) >= 11 is 18.6. The molecule has 1 amide bonds. The van der Waals surface area contributed by atoms with Gasteiger partial charge in [0.1, 0.15) is 22.9 Å². The van der Waals surface area contributed by atoms with Crippen molar-refractivity contribution in [3.05, 3.63) is 111 Å². The second-order valence-corrected chi connectivity index (χ2v) is 10.1. The van der Waals surface area contributed by atoms with Gasteiger partial charge in [0.2, 0.25) is 0 Å². The number of hydrazone groups is 1. The Kier molecular flexibility index (Phi) is 8.68. The Labute approximate surface area is 255 Å². The van der Waals surface area contributed by atoms with Crippen LogP contribution in [0.1, 0.15) is 26.4 Å². The molecule has 0 bridgehead atoms. The number of amides is 1. The molecule has 0 saturated heterocycles. The molecule has 5 aromatic rings. The van der Waals surface area contributed by atoms with Gasteiger partial charge in [0.15, 0.2) is 0 Å². The minimum atomic E-state index is -0.674. The summed E-state index contributed by atoms with van der Waals surface area (Å²) in [6, 6.07) is 21.8. The van der Waals surface area contributed by atoms with E-state index in [2.05, 4.69) is 15.5 Å². The van der Waals surface area contributed by atoms with Crippen molar-refractivity contribution in [3.8, 4) is 28.4 Å². The first-order chi connectivity index (χ1) is 20.3. The Hall–Kier alpha value is -4.50. The van der Waals surface area contributed by atoms with Crippen molar-refractivity contribution in [2.45, 2.75) is 0 Å². The number of hydrogen-bond donors (Lipinski definition) is 2. The standard InChI is InChI=1S/C31H22Cl3N3O5/c1-40-24-13-14-25(41-2)28-27(24)26(19-8-4-5-9-21(19)33)29(36-28)30(38)37-35-16-17-7-3-6-10-23(17)42-31(39)20-12-11-18(32)15-22(20)34/h3-16,36H,1-2H3,(H,37,38). The van der Waals surface area contributed by atoms with Gasteiger partial charge in [-0.1, -0.05) is 65.1 Å². The molecule has 8 nitrogen and oxygen atoms in total. The Balaban J connectivity index is 1.47. The molecule has 4 aromatic carbocycles. The molecule has 0 unspecified atom stereocenters. The van der Waals surface area contributed by atoms with Crippen molar-refractivity contribution in [2.75, 3.05) is 14.2 Å². The molecular formula is C31H22Cl3N3O5. The maximum absolute atomic E-state index is 13.5. The van der Waals surface area contributed by atoms with Crippen LogP contribution in [0.3, 0.4) is 0 Å². The Bertz CT molecular complexity index is 1850. The highest BCUT2D eigenvalue weighted by atomic mass is 35.5. The normalized spacial score (nSPS) is 11.1. The average Bonchev–Trinajstić information content (AvgIpc) is 3.38. The number of rotatable bonds is 8. The zero-order chi connectivity index (χ0) is 29.8. The highest BCUT2D eigenvalue weighted by Gasteiger charge is 2.25. The van der Waals surface area contributed by atoms with E-state index in [0.29, 0.717) is 49.1 Å². The van der Waals surface area contributed by atoms with E-state index in [0.717, 1.165) is 0 Å². The number of halogens is 3. The van der Waals surface area contributed by atoms with Crippen molar-refractivity contribution < 1.29 is 23.8 Å². The number of benzene rings is 4. The highest BCUT2D eigenvalue weighted by molar-refractivity contribution is 6.36. The van der Waals surface area contributed by atoms with Crippen LogP contribution < -0.4 is 19.6 Å². The number of nitrogens with zero attached hydrogens (tertiary/aromatic N) is 1. The number of methoxy groups -OCH3 is 2. The molecule has 0 aliphatic carbocycles. The van der Waals surface area contributed by atoms with Crippen LogP contribution in [0.4, 0.5) is 0 Å². The Morgan fingerprint density at radius 1 is 0.833 bits per heavy atom. The highest BCUT2D eigenvalue weighted by Crippen LogP contribution is 2.44. The second-order valence-electron chi connectivity index (χ2n) is 8.83. The first-order valence-corrected chi connectivity index (χ1v) is 13.6. The molecule has 0 saturated carbocycles. The van der Waals surface area contributed by atoms with Crippen LogP contribution in [-0.2, 0) is 0 Å². The van der Waals surface area contributed by atoms with Crippen LogP contribution in [-0.4, -0.2) is 37.3 Å². The van der Waals surface area contributed by atoms with Gasteiger partial charge in [-0.2, -0.15) is 5.10 Å². The number of carbonyl (C=O) groups excluding carboxylic acids is 2. The Morgan fingerprint density at radius 2 is 1.55 bits per heavy atom. The summed E-state index contributed by atoms with van der Waals surface area (Å²) in [6.45, 7) is 0. The molecule has 0 atom stereocenters. The molecule has 0 radical (unpaired) electrons. The van der Waals surface area contributed by atoms with Crippen molar-refractivity contribution in [1.29, 1.82) is 0 Å². The lowest BCUT2D eigenvalue weighted by atomic mass is 10.0. The van der Waals surface area contributed by atoms with Gasteiger partial charge in [-0.15, -0.1) is 0 Å². The summed E-state index contributed by atoms with van der Waals surface area (Å²) in [5, 5.41) is 5.74. The van der Waals surface area contributed by atoms with Crippen molar-refractivity contribution in [3.63, 3.8) is 0 Å². The van der Waals surface area contributed by atoms with Crippen LogP contribution in [0.5, 0.6) is 17.2 Å². The van der Waals surface area contributed by atoms with Gasteiger partial charge in [0.05, 0.1) is 41.9 Å². The molecule has 5 rings (SSSR count). The zero-order valence-corrected chi connectivity index (χ0v) is 24.5. The number of ether oxygens (including phenoxy) is 3. The fourth-order valence-corrected chi connectivity index (χ4v) is 5.12. The molecule has 11 heteroatoms. The van der Waals surface area contributed by atoms with Gasteiger partial charge < -0.3 is 19.2 Å². The predicted molar refractivity (Wildman–Crippen MR) is 165 cm³/mol. The number of hydrogen-bond acceptors (Lipinski definition) is 6. The minimum Gasteiger partial charge on any atom is -0.496 e.